The Hall–Kier alpha value is -4.35. The number of ether oxygens (including phenoxy) is 1. The smallest absolute Gasteiger partial charge is 0.237 e. The van der Waals surface area contributed by atoms with Crippen LogP contribution in [-0.4, -0.2) is 16.9 Å². The van der Waals surface area contributed by atoms with Crippen molar-refractivity contribution in [1.82, 2.24) is 15.6 Å². The topological polar surface area (TPSA) is 66.2 Å². The summed E-state index contributed by atoms with van der Waals surface area (Å²) in [5, 5.41) is 7.92. The highest BCUT2D eigenvalue weighted by molar-refractivity contribution is 5.88. The molecule has 3 N–H and O–H groups in total. The SMILES string of the molecule is O=C(NCc1ccccc1)[C@@H]1Cc2c([nH]c3ccccc23)[C@@H](c2cccc(OCc3ccccc3)c2)N1. The van der Waals surface area contributed by atoms with Gasteiger partial charge in [-0.1, -0.05) is 91.0 Å². The molecule has 5 heteroatoms. The van der Waals surface area contributed by atoms with Crippen LogP contribution in [0.4, 0.5) is 0 Å². The summed E-state index contributed by atoms with van der Waals surface area (Å²) < 4.78 is 6.12. The maximum absolute atomic E-state index is 13.3. The Kier molecular flexibility index (Phi) is 6.44. The van der Waals surface area contributed by atoms with Gasteiger partial charge < -0.3 is 15.0 Å². The van der Waals surface area contributed by atoms with Gasteiger partial charge in [0.15, 0.2) is 0 Å². The predicted molar refractivity (Wildman–Crippen MR) is 146 cm³/mol. The van der Waals surface area contributed by atoms with Crippen molar-refractivity contribution in [3.05, 3.63) is 137 Å². The zero-order chi connectivity index (χ0) is 25.0. The van der Waals surface area contributed by atoms with E-state index in [1.54, 1.807) is 0 Å². The van der Waals surface area contributed by atoms with E-state index in [0.29, 0.717) is 19.6 Å². The highest BCUT2D eigenvalue weighted by Crippen LogP contribution is 2.36. The summed E-state index contributed by atoms with van der Waals surface area (Å²) in [4.78, 5) is 17.0. The Labute approximate surface area is 216 Å². The molecule has 2 heterocycles. The maximum Gasteiger partial charge on any atom is 0.237 e. The summed E-state index contributed by atoms with van der Waals surface area (Å²) in [6, 6.07) is 36.1. The number of hydrogen-bond donors (Lipinski definition) is 3. The lowest BCUT2D eigenvalue weighted by molar-refractivity contribution is -0.123. The molecule has 0 fully saturated rings. The average molecular weight is 488 g/mol. The van der Waals surface area contributed by atoms with E-state index < -0.39 is 0 Å². The Morgan fingerprint density at radius 2 is 1.57 bits per heavy atom. The third-order valence-corrected chi connectivity index (χ3v) is 6.98. The first-order chi connectivity index (χ1) is 18.2. The molecule has 0 spiro atoms. The molecule has 2 atom stereocenters. The predicted octanol–water partition coefficient (Wildman–Crippen LogP) is 5.67. The fourth-order valence-electron chi connectivity index (χ4n) is 5.10. The van der Waals surface area contributed by atoms with Crippen molar-refractivity contribution in [2.45, 2.75) is 31.7 Å². The van der Waals surface area contributed by atoms with Gasteiger partial charge in [-0.05, 0) is 46.9 Å². The van der Waals surface area contributed by atoms with E-state index in [-0.39, 0.29) is 18.0 Å². The van der Waals surface area contributed by atoms with Crippen molar-refractivity contribution in [2.75, 3.05) is 0 Å². The third-order valence-electron chi connectivity index (χ3n) is 6.98. The molecule has 1 aliphatic heterocycles. The molecule has 6 rings (SSSR count). The lowest BCUT2D eigenvalue weighted by Gasteiger charge is -2.31. The quantitative estimate of drug-likeness (QED) is 0.277. The highest BCUT2D eigenvalue weighted by atomic mass is 16.5. The number of nitrogens with one attached hydrogen (secondary N) is 3. The van der Waals surface area contributed by atoms with Crippen molar-refractivity contribution in [1.29, 1.82) is 0 Å². The van der Waals surface area contributed by atoms with Gasteiger partial charge in [-0.15, -0.1) is 0 Å². The zero-order valence-corrected chi connectivity index (χ0v) is 20.5. The standard InChI is InChI=1S/C32H29N3O2/c36-32(33-20-22-10-3-1-4-11-22)29-19-27-26-16-7-8-17-28(26)34-31(27)30(35-29)24-14-9-15-25(18-24)37-21-23-12-5-2-6-13-23/h1-18,29-30,34-35H,19-21H2,(H,33,36)/t29-,30+/m0/s1. The first-order valence-electron chi connectivity index (χ1n) is 12.7. The number of carbonyl (C=O) groups is 1. The molecule has 4 aromatic carbocycles. The molecule has 0 saturated heterocycles. The van der Waals surface area contributed by atoms with Gasteiger partial charge in [-0.25, -0.2) is 0 Å². The molecular formula is C32H29N3O2. The van der Waals surface area contributed by atoms with Crippen LogP contribution in [0.25, 0.3) is 10.9 Å². The van der Waals surface area contributed by atoms with E-state index in [2.05, 4.69) is 58.1 Å². The highest BCUT2D eigenvalue weighted by Gasteiger charge is 2.34. The van der Waals surface area contributed by atoms with Gasteiger partial charge in [0.1, 0.15) is 12.4 Å². The van der Waals surface area contributed by atoms with Crippen molar-refractivity contribution in [2.24, 2.45) is 0 Å². The number of rotatable bonds is 7. The lowest BCUT2D eigenvalue weighted by atomic mass is 9.90. The van der Waals surface area contributed by atoms with Crippen LogP contribution in [0.2, 0.25) is 0 Å². The van der Waals surface area contributed by atoms with Crippen molar-refractivity contribution >= 4 is 16.8 Å². The van der Waals surface area contributed by atoms with Gasteiger partial charge >= 0.3 is 0 Å². The van der Waals surface area contributed by atoms with E-state index >= 15 is 0 Å². The van der Waals surface area contributed by atoms with Crippen LogP contribution in [-0.2, 0) is 24.4 Å². The zero-order valence-electron chi connectivity index (χ0n) is 20.5. The number of carbonyl (C=O) groups excluding carboxylic acids is 1. The first kappa shape index (κ1) is 23.1. The number of benzene rings is 4. The number of aromatic amines is 1. The molecule has 1 amide bonds. The first-order valence-corrected chi connectivity index (χ1v) is 12.7. The largest absolute Gasteiger partial charge is 0.489 e. The Bertz CT molecular complexity index is 1510. The number of amides is 1. The molecule has 0 bridgehead atoms. The van der Waals surface area contributed by atoms with E-state index in [9.17, 15) is 4.79 Å². The lowest BCUT2D eigenvalue weighted by Crippen LogP contribution is -2.49. The minimum Gasteiger partial charge on any atom is -0.489 e. The molecule has 5 aromatic rings. The molecule has 0 aliphatic carbocycles. The normalized spacial score (nSPS) is 16.8. The molecule has 184 valence electrons. The molecule has 1 aliphatic rings. The van der Waals surface area contributed by atoms with Gasteiger partial charge in [0, 0.05) is 23.1 Å². The van der Waals surface area contributed by atoms with E-state index in [4.69, 9.17) is 4.74 Å². The van der Waals surface area contributed by atoms with Gasteiger partial charge in [0.2, 0.25) is 5.91 Å². The van der Waals surface area contributed by atoms with Crippen molar-refractivity contribution < 1.29 is 9.53 Å². The number of hydrogen-bond acceptors (Lipinski definition) is 3. The van der Waals surface area contributed by atoms with Gasteiger partial charge in [0.05, 0.1) is 12.1 Å². The number of aromatic nitrogens is 1. The minimum atomic E-state index is -0.352. The fraction of sp³-hybridized carbons (Fsp3) is 0.156. The second-order valence-corrected chi connectivity index (χ2v) is 9.47. The molecule has 1 aromatic heterocycles. The van der Waals surface area contributed by atoms with Gasteiger partial charge in [-0.3, -0.25) is 10.1 Å². The summed E-state index contributed by atoms with van der Waals surface area (Å²) in [5.74, 6) is 0.803. The fourth-order valence-corrected chi connectivity index (χ4v) is 5.10. The average Bonchev–Trinajstić information content (AvgIpc) is 3.34. The Morgan fingerprint density at radius 3 is 2.38 bits per heavy atom. The second-order valence-electron chi connectivity index (χ2n) is 9.47. The Morgan fingerprint density at radius 1 is 0.838 bits per heavy atom. The van der Waals surface area contributed by atoms with Crippen LogP contribution in [0.3, 0.4) is 0 Å². The number of H-pyrrole nitrogens is 1. The molecular weight excluding hydrogens is 458 g/mol. The van der Waals surface area contributed by atoms with Gasteiger partial charge in [0.25, 0.3) is 0 Å². The molecule has 0 unspecified atom stereocenters. The van der Waals surface area contributed by atoms with Crippen molar-refractivity contribution in [3.8, 4) is 5.75 Å². The number of para-hydroxylation sites is 1. The van der Waals surface area contributed by atoms with Gasteiger partial charge in [-0.2, -0.15) is 0 Å². The summed E-state index contributed by atoms with van der Waals surface area (Å²) in [7, 11) is 0. The van der Waals surface area contributed by atoms with Crippen LogP contribution >= 0.6 is 0 Å². The van der Waals surface area contributed by atoms with Crippen LogP contribution in [0, 0.1) is 0 Å². The van der Waals surface area contributed by atoms with Crippen LogP contribution in [0.1, 0.15) is 34.0 Å². The van der Waals surface area contributed by atoms with Crippen LogP contribution in [0.15, 0.2) is 109 Å². The summed E-state index contributed by atoms with van der Waals surface area (Å²) in [5.41, 5.74) is 6.64. The van der Waals surface area contributed by atoms with E-state index in [0.717, 1.165) is 33.7 Å². The summed E-state index contributed by atoms with van der Waals surface area (Å²) in [6.45, 7) is 1.01. The molecule has 37 heavy (non-hydrogen) atoms. The maximum atomic E-state index is 13.3. The summed E-state index contributed by atoms with van der Waals surface area (Å²) in [6.07, 6.45) is 0.626. The molecule has 5 nitrogen and oxygen atoms in total. The van der Waals surface area contributed by atoms with E-state index in [1.807, 2.05) is 66.7 Å². The summed E-state index contributed by atoms with van der Waals surface area (Å²) >= 11 is 0. The number of fused-ring (bicyclic) bond motifs is 3. The molecule has 0 saturated carbocycles. The van der Waals surface area contributed by atoms with Crippen LogP contribution in [0.5, 0.6) is 5.75 Å². The minimum absolute atomic E-state index is 0.00117. The second kappa shape index (κ2) is 10.3. The Balaban J connectivity index is 1.28. The monoisotopic (exact) mass is 487 g/mol. The van der Waals surface area contributed by atoms with Crippen molar-refractivity contribution in [3.63, 3.8) is 0 Å². The van der Waals surface area contributed by atoms with E-state index in [1.165, 1.54) is 10.9 Å². The molecule has 0 radical (unpaired) electrons. The van der Waals surface area contributed by atoms with Crippen LogP contribution < -0.4 is 15.4 Å². The third kappa shape index (κ3) is 4.99.